The van der Waals surface area contributed by atoms with Crippen LogP contribution < -0.4 is 15.4 Å². The van der Waals surface area contributed by atoms with E-state index < -0.39 is 10.0 Å². The van der Waals surface area contributed by atoms with E-state index >= 15 is 0 Å². The van der Waals surface area contributed by atoms with Gasteiger partial charge >= 0.3 is 0 Å². The van der Waals surface area contributed by atoms with Crippen LogP contribution in [0.25, 0.3) is 0 Å². The standard InChI is InChI=1S/C14H21N5O2S2.HI/c1-15-14(17-8-11-19-9-2-3-10-19)16-6-7-18-23(20,21)13-5-4-12-22-13;/h2-5,9-10,12,18H,6-8,11H2,1H3,(H2,15,16,17);1H. The summed E-state index contributed by atoms with van der Waals surface area (Å²) < 4.78 is 28.8. The number of hydrogen-bond acceptors (Lipinski definition) is 4. The SMILES string of the molecule is CN=C(NCCNS(=O)(=O)c1cccs1)NCCn1cccc1.I. The van der Waals surface area contributed by atoms with Crippen molar-refractivity contribution in [3.05, 3.63) is 42.0 Å². The normalized spacial score (nSPS) is 11.8. The van der Waals surface area contributed by atoms with Crippen LogP contribution in [0.3, 0.4) is 0 Å². The van der Waals surface area contributed by atoms with Crippen molar-refractivity contribution in [2.24, 2.45) is 4.99 Å². The van der Waals surface area contributed by atoms with Crippen molar-refractivity contribution < 1.29 is 8.42 Å². The summed E-state index contributed by atoms with van der Waals surface area (Å²) in [6.45, 7) is 2.31. The summed E-state index contributed by atoms with van der Waals surface area (Å²) in [5, 5.41) is 7.99. The molecule has 0 aliphatic heterocycles. The van der Waals surface area contributed by atoms with Gasteiger partial charge in [-0.2, -0.15) is 0 Å². The molecule has 0 amide bonds. The van der Waals surface area contributed by atoms with Gasteiger partial charge in [0.05, 0.1) is 0 Å². The minimum atomic E-state index is -3.40. The van der Waals surface area contributed by atoms with Crippen LogP contribution in [0.4, 0.5) is 0 Å². The molecule has 134 valence electrons. The van der Waals surface area contributed by atoms with Gasteiger partial charge in [-0.25, -0.2) is 13.1 Å². The van der Waals surface area contributed by atoms with Crippen LogP contribution in [-0.2, 0) is 16.6 Å². The Balaban J connectivity index is 0.00000288. The van der Waals surface area contributed by atoms with Crippen LogP contribution in [0, 0.1) is 0 Å². The Kier molecular flexibility index (Phi) is 9.33. The molecule has 0 saturated heterocycles. The van der Waals surface area contributed by atoms with Gasteiger partial charge in [-0.3, -0.25) is 4.99 Å². The van der Waals surface area contributed by atoms with E-state index in [1.165, 1.54) is 11.3 Å². The van der Waals surface area contributed by atoms with E-state index in [9.17, 15) is 8.42 Å². The summed E-state index contributed by atoms with van der Waals surface area (Å²) in [7, 11) is -1.72. The highest BCUT2D eigenvalue weighted by Gasteiger charge is 2.13. The van der Waals surface area contributed by atoms with E-state index in [1.807, 2.05) is 24.5 Å². The predicted octanol–water partition coefficient (Wildman–Crippen LogP) is 1.31. The van der Waals surface area contributed by atoms with E-state index in [1.54, 1.807) is 24.6 Å². The lowest BCUT2D eigenvalue weighted by atomic mass is 10.6. The molecule has 0 aliphatic rings. The van der Waals surface area contributed by atoms with E-state index in [0.717, 1.165) is 13.1 Å². The van der Waals surface area contributed by atoms with Crippen LogP contribution in [0.2, 0.25) is 0 Å². The summed E-state index contributed by atoms with van der Waals surface area (Å²) in [5.74, 6) is 0.646. The van der Waals surface area contributed by atoms with Gasteiger partial charge in [0.25, 0.3) is 0 Å². The summed E-state index contributed by atoms with van der Waals surface area (Å²) in [5.41, 5.74) is 0. The zero-order chi connectivity index (χ0) is 16.5. The first-order chi connectivity index (χ1) is 11.1. The first-order valence-corrected chi connectivity index (χ1v) is 9.56. The third-order valence-electron chi connectivity index (χ3n) is 3.02. The Morgan fingerprint density at radius 3 is 2.50 bits per heavy atom. The molecule has 10 heteroatoms. The molecule has 0 unspecified atom stereocenters. The quantitative estimate of drug-likeness (QED) is 0.229. The average molecular weight is 483 g/mol. The predicted molar refractivity (Wildman–Crippen MR) is 109 cm³/mol. The monoisotopic (exact) mass is 483 g/mol. The molecule has 3 N–H and O–H groups in total. The molecule has 0 aliphatic carbocycles. The Morgan fingerprint density at radius 1 is 1.17 bits per heavy atom. The molecular formula is C14H22IN5O2S2. The third-order valence-corrected chi connectivity index (χ3v) is 5.88. The molecule has 2 rings (SSSR count). The summed E-state index contributed by atoms with van der Waals surface area (Å²) >= 11 is 1.20. The zero-order valence-corrected chi connectivity index (χ0v) is 17.3. The maximum atomic E-state index is 11.9. The Labute approximate surface area is 163 Å². The number of nitrogens with zero attached hydrogens (tertiary/aromatic N) is 2. The second-order valence-electron chi connectivity index (χ2n) is 4.68. The highest BCUT2D eigenvalue weighted by atomic mass is 127. The van der Waals surface area contributed by atoms with Gasteiger partial charge in [0.2, 0.25) is 10.0 Å². The second-order valence-corrected chi connectivity index (χ2v) is 7.62. The number of guanidine groups is 1. The molecule has 0 spiro atoms. The number of thiophene rings is 1. The average Bonchev–Trinajstić information content (AvgIpc) is 3.22. The van der Waals surface area contributed by atoms with Gasteiger partial charge in [0.15, 0.2) is 5.96 Å². The molecule has 7 nitrogen and oxygen atoms in total. The molecule has 0 radical (unpaired) electrons. The highest BCUT2D eigenvalue weighted by molar-refractivity contribution is 14.0. The van der Waals surface area contributed by atoms with Crippen LogP contribution in [0.1, 0.15) is 0 Å². The number of hydrogen-bond donors (Lipinski definition) is 3. The van der Waals surface area contributed by atoms with Crippen molar-refractivity contribution in [2.75, 3.05) is 26.7 Å². The maximum absolute atomic E-state index is 11.9. The van der Waals surface area contributed by atoms with Gasteiger partial charge in [-0.1, -0.05) is 6.07 Å². The van der Waals surface area contributed by atoms with Gasteiger partial charge in [-0.05, 0) is 23.6 Å². The maximum Gasteiger partial charge on any atom is 0.250 e. The Bertz CT molecular complexity index is 700. The molecule has 2 aromatic heterocycles. The van der Waals surface area contributed by atoms with Crippen molar-refractivity contribution in [1.29, 1.82) is 0 Å². The van der Waals surface area contributed by atoms with E-state index in [-0.39, 0.29) is 24.0 Å². The van der Waals surface area contributed by atoms with E-state index in [0.29, 0.717) is 23.3 Å². The van der Waals surface area contributed by atoms with Crippen LogP contribution in [0.5, 0.6) is 0 Å². The number of rotatable bonds is 8. The molecule has 2 aromatic rings. The van der Waals surface area contributed by atoms with E-state index in [2.05, 4.69) is 24.9 Å². The number of aromatic nitrogens is 1. The van der Waals surface area contributed by atoms with Crippen molar-refractivity contribution in [3.8, 4) is 0 Å². The Morgan fingerprint density at radius 2 is 1.88 bits per heavy atom. The van der Waals surface area contributed by atoms with Gasteiger partial charge < -0.3 is 15.2 Å². The number of aliphatic imine (C=N–C) groups is 1. The first kappa shape index (κ1) is 20.9. The molecule has 0 atom stereocenters. The van der Waals surface area contributed by atoms with Gasteiger partial charge in [0.1, 0.15) is 4.21 Å². The van der Waals surface area contributed by atoms with Crippen LogP contribution in [0.15, 0.2) is 51.2 Å². The first-order valence-electron chi connectivity index (χ1n) is 7.20. The van der Waals surface area contributed by atoms with Crippen LogP contribution >= 0.6 is 35.3 Å². The summed E-state index contributed by atoms with van der Waals surface area (Å²) in [4.78, 5) is 4.10. The summed E-state index contributed by atoms with van der Waals surface area (Å²) in [6, 6.07) is 7.26. The molecule has 0 saturated carbocycles. The summed E-state index contributed by atoms with van der Waals surface area (Å²) in [6.07, 6.45) is 3.99. The van der Waals surface area contributed by atoms with Crippen molar-refractivity contribution in [3.63, 3.8) is 0 Å². The number of nitrogens with one attached hydrogen (secondary N) is 3. The van der Waals surface area contributed by atoms with Gasteiger partial charge in [-0.15, -0.1) is 35.3 Å². The van der Waals surface area contributed by atoms with Crippen LogP contribution in [-0.4, -0.2) is 45.6 Å². The topological polar surface area (TPSA) is 87.5 Å². The minimum Gasteiger partial charge on any atom is -0.355 e. The van der Waals surface area contributed by atoms with E-state index in [4.69, 9.17) is 0 Å². The highest BCUT2D eigenvalue weighted by Crippen LogP contribution is 2.14. The zero-order valence-electron chi connectivity index (χ0n) is 13.3. The fourth-order valence-electron chi connectivity index (χ4n) is 1.90. The Hall–Kier alpha value is -1.11. The van der Waals surface area contributed by atoms with Crippen molar-refractivity contribution >= 4 is 51.3 Å². The lowest BCUT2D eigenvalue weighted by molar-refractivity contribution is 0.582. The lowest BCUT2D eigenvalue weighted by Gasteiger charge is -2.12. The molecule has 0 bridgehead atoms. The fourth-order valence-corrected chi connectivity index (χ4v) is 3.97. The second kappa shape index (κ2) is 10.7. The molecule has 0 aromatic carbocycles. The van der Waals surface area contributed by atoms with Crippen molar-refractivity contribution in [2.45, 2.75) is 10.8 Å². The van der Waals surface area contributed by atoms with Gasteiger partial charge in [0, 0.05) is 45.6 Å². The molecule has 24 heavy (non-hydrogen) atoms. The molecular weight excluding hydrogens is 461 g/mol. The minimum absolute atomic E-state index is 0. The molecule has 2 heterocycles. The largest absolute Gasteiger partial charge is 0.355 e. The third kappa shape index (κ3) is 6.79. The fraction of sp³-hybridized carbons (Fsp3) is 0.357. The number of sulfonamides is 1. The molecule has 0 fully saturated rings. The van der Waals surface area contributed by atoms with Crippen molar-refractivity contribution in [1.82, 2.24) is 19.9 Å². The lowest BCUT2D eigenvalue weighted by Crippen LogP contribution is -2.42. The smallest absolute Gasteiger partial charge is 0.250 e. The number of halogens is 1.